The highest BCUT2D eigenvalue weighted by Gasteiger charge is 2.44. The Bertz CT molecular complexity index is 401. The molecule has 0 bridgehead atoms. The summed E-state index contributed by atoms with van der Waals surface area (Å²) in [5.41, 5.74) is -0.416. The number of likely N-dealkylation sites (tertiary alicyclic amines) is 1. The average Bonchev–Trinajstić information content (AvgIpc) is 2.98. The number of amides is 1. The maximum absolute atomic E-state index is 12.6. The zero-order chi connectivity index (χ0) is 15.7. The van der Waals surface area contributed by atoms with Crippen molar-refractivity contribution >= 4 is 6.09 Å². The van der Waals surface area contributed by atoms with Gasteiger partial charge in [-0.2, -0.15) is 0 Å². The van der Waals surface area contributed by atoms with Crippen LogP contribution in [-0.2, 0) is 4.74 Å². The second kappa shape index (κ2) is 6.36. The van der Waals surface area contributed by atoms with Gasteiger partial charge in [-0.1, -0.05) is 0 Å². The molecule has 3 fully saturated rings. The number of carbonyl (C=O) groups is 1. The Balaban J connectivity index is 1.70. The van der Waals surface area contributed by atoms with Crippen molar-refractivity contribution in [2.75, 3.05) is 26.2 Å². The topological polar surface area (TPSA) is 44.8 Å². The van der Waals surface area contributed by atoms with Crippen molar-refractivity contribution in [1.82, 2.24) is 15.1 Å². The fourth-order valence-corrected chi connectivity index (χ4v) is 4.32. The van der Waals surface area contributed by atoms with Crippen LogP contribution in [0.5, 0.6) is 0 Å². The monoisotopic (exact) mass is 309 g/mol. The van der Waals surface area contributed by atoms with E-state index in [-0.39, 0.29) is 6.09 Å². The van der Waals surface area contributed by atoms with Gasteiger partial charge < -0.3 is 15.0 Å². The fraction of sp³-hybridized carbons (Fsp3) is 0.941. The molecule has 1 aliphatic carbocycles. The van der Waals surface area contributed by atoms with Crippen LogP contribution in [0.4, 0.5) is 4.79 Å². The predicted octanol–water partition coefficient (Wildman–Crippen LogP) is 2.21. The van der Waals surface area contributed by atoms with Crippen LogP contribution >= 0.6 is 0 Å². The predicted molar refractivity (Wildman–Crippen MR) is 87.0 cm³/mol. The lowest BCUT2D eigenvalue weighted by molar-refractivity contribution is -0.0122. The zero-order valence-corrected chi connectivity index (χ0v) is 14.3. The van der Waals surface area contributed by atoms with E-state index in [9.17, 15) is 4.79 Å². The van der Waals surface area contributed by atoms with E-state index in [0.29, 0.717) is 18.1 Å². The summed E-state index contributed by atoms with van der Waals surface area (Å²) >= 11 is 0. The maximum atomic E-state index is 12.6. The lowest BCUT2D eigenvalue weighted by atomic mass is 9.83. The van der Waals surface area contributed by atoms with Gasteiger partial charge in [0.1, 0.15) is 5.60 Å². The van der Waals surface area contributed by atoms with Crippen LogP contribution in [0, 0.1) is 0 Å². The SMILES string of the molecule is CC(C)(C)OC(=O)N1CCN[C@H]2[C@H](N3CCCC3)CCC[C@H]21. The van der Waals surface area contributed by atoms with Crippen molar-refractivity contribution in [1.29, 1.82) is 0 Å². The Hall–Kier alpha value is -0.810. The van der Waals surface area contributed by atoms with Crippen molar-refractivity contribution in [3.8, 4) is 0 Å². The summed E-state index contributed by atoms with van der Waals surface area (Å²) in [6.45, 7) is 9.92. The van der Waals surface area contributed by atoms with Crippen LogP contribution in [0.3, 0.4) is 0 Å². The number of fused-ring (bicyclic) bond motifs is 1. The third-order valence-electron chi connectivity index (χ3n) is 5.20. The number of nitrogens with one attached hydrogen (secondary N) is 1. The second-order valence-corrected chi connectivity index (χ2v) is 7.96. The first-order chi connectivity index (χ1) is 10.5. The summed E-state index contributed by atoms with van der Waals surface area (Å²) in [6.07, 6.45) is 6.08. The van der Waals surface area contributed by atoms with Crippen LogP contribution in [0.25, 0.3) is 0 Å². The molecule has 1 saturated carbocycles. The van der Waals surface area contributed by atoms with E-state index in [1.807, 2.05) is 25.7 Å². The number of hydrogen-bond donors (Lipinski definition) is 1. The van der Waals surface area contributed by atoms with Crippen molar-refractivity contribution < 1.29 is 9.53 Å². The molecule has 3 aliphatic rings. The minimum Gasteiger partial charge on any atom is -0.444 e. The number of ether oxygens (including phenoxy) is 1. The third kappa shape index (κ3) is 3.40. The van der Waals surface area contributed by atoms with Crippen LogP contribution in [0.15, 0.2) is 0 Å². The van der Waals surface area contributed by atoms with Gasteiger partial charge in [0.05, 0.1) is 6.04 Å². The van der Waals surface area contributed by atoms with Crippen molar-refractivity contribution in [3.05, 3.63) is 0 Å². The normalized spacial score (nSPS) is 33.6. The van der Waals surface area contributed by atoms with Crippen molar-refractivity contribution in [2.45, 2.75) is 76.6 Å². The van der Waals surface area contributed by atoms with Crippen molar-refractivity contribution in [3.63, 3.8) is 0 Å². The van der Waals surface area contributed by atoms with Crippen LogP contribution in [0.2, 0.25) is 0 Å². The molecule has 0 radical (unpaired) electrons. The number of piperazine rings is 1. The van der Waals surface area contributed by atoms with E-state index in [1.54, 1.807) is 0 Å². The summed E-state index contributed by atoms with van der Waals surface area (Å²) in [5.74, 6) is 0. The molecule has 22 heavy (non-hydrogen) atoms. The number of carbonyl (C=O) groups excluding carboxylic acids is 1. The fourth-order valence-electron chi connectivity index (χ4n) is 4.32. The molecular formula is C17H31N3O2. The van der Waals surface area contributed by atoms with E-state index in [1.165, 1.54) is 38.8 Å². The Labute approximate surface area is 134 Å². The van der Waals surface area contributed by atoms with Crippen LogP contribution in [0.1, 0.15) is 52.9 Å². The van der Waals surface area contributed by atoms with Gasteiger partial charge in [-0.3, -0.25) is 4.90 Å². The molecule has 0 aromatic rings. The Kier molecular flexibility index (Phi) is 4.64. The van der Waals surface area contributed by atoms with Crippen LogP contribution in [-0.4, -0.2) is 65.8 Å². The molecule has 0 unspecified atom stereocenters. The molecule has 3 rings (SSSR count). The largest absolute Gasteiger partial charge is 0.444 e. The molecule has 5 heteroatoms. The molecular weight excluding hydrogens is 278 g/mol. The first-order valence-electron chi connectivity index (χ1n) is 8.93. The molecule has 0 aromatic carbocycles. The lowest BCUT2D eigenvalue weighted by Gasteiger charge is -2.50. The molecule has 1 N–H and O–H groups in total. The minimum absolute atomic E-state index is 0.133. The van der Waals surface area contributed by atoms with Gasteiger partial charge >= 0.3 is 6.09 Å². The highest BCUT2D eigenvalue weighted by molar-refractivity contribution is 5.69. The van der Waals surface area contributed by atoms with Gasteiger partial charge in [0.25, 0.3) is 0 Å². The average molecular weight is 309 g/mol. The number of nitrogens with zero attached hydrogens (tertiary/aromatic N) is 2. The quantitative estimate of drug-likeness (QED) is 0.806. The smallest absolute Gasteiger partial charge is 0.410 e. The van der Waals surface area contributed by atoms with E-state index in [2.05, 4.69) is 10.2 Å². The molecule has 3 atom stereocenters. The Morgan fingerprint density at radius 2 is 1.73 bits per heavy atom. The summed E-state index contributed by atoms with van der Waals surface area (Å²) in [6, 6.07) is 1.29. The van der Waals surface area contributed by atoms with Gasteiger partial charge in [0.15, 0.2) is 0 Å². The summed E-state index contributed by atoms with van der Waals surface area (Å²) in [7, 11) is 0. The third-order valence-corrected chi connectivity index (χ3v) is 5.20. The summed E-state index contributed by atoms with van der Waals surface area (Å²) in [4.78, 5) is 17.2. The van der Waals surface area contributed by atoms with Gasteiger partial charge in [-0.05, 0) is 66.0 Å². The van der Waals surface area contributed by atoms with Gasteiger partial charge in [0, 0.05) is 25.2 Å². The first kappa shape index (κ1) is 16.1. The summed E-state index contributed by atoms with van der Waals surface area (Å²) in [5, 5.41) is 3.70. The molecule has 0 aromatic heterocycles. The lowest BCUT2D eigenvalue weighted by Crippen LogP contribution is -2.67. The van der Waals surface area contributed by atoms with Crippen LogP contribution < -0.4 is 5.32 Å². The summed E-state index contributed by atoms with van der Waals surface area (Å²) < 4.78 is 5.63. The molecule has 0 spiro atoms. The zero-order valence-electron chi connectivity index (χ0n) is 14.3. The van der Waals surface area contributed by atoms with Gasteiger partial charge in [-0.15, -0.1) is 0 Å². The minimum atomic E-state index is -0.416. The highest BCUT2D eigenvalue weighted by atomic mass is 16.6. The molecule has 2 heterocycles. The molecule has 1 amide bonds. The van der Waals surface area contributed by atoms with Crippen molar-refractivity contribution in [2.24, 2.45) is 0 Å². The standard InChI is InChI=1S/C17H31N3O2/c1-17(2,3)22-16(21)20-12-9-18-15-13(7-6-8-14(15)20)19-10-4-5-11-19/h13-15,18H,4-12H2,1-3H3/t13-,14-,15+/m1/s1. The second-order valence-electron chi connectivity index (χ2n) is 7.96. The van der Waals surface area contributed by atoms with Gasteiger partial charge in [-0.25, -0.2) is 4.79 Å². The molecule has 2 aliphatic heterocycles. The maximum Gasteiger partial charge on any atom is 0.410 e. The van der Waals surface area contributed by atoms with E-state index in [4.69, 9.17) is 4.74 Å². The molecule has 2 saturated heterocycles. The van der Waals surface area contributed by atoms with E-state index >= 15 is 0 Å². The van der Waals surface area contributed by atoms with E-state index < -0.39 is 5.60 Å². The Morgan fingerprint density at radius 3 is 2.41 bits per heavy atom. The first-order valence-corrected chi connectivity index (χ1v) is 8.93. The highest BCUT2D eigenvalue weighted by Crippen LogP contribution is 2.31. The van der Waals surface area contributed by atoms with E-state index in [0.717, 1.165) is 19.5 Å². The van der Waals surface area contributed by atoms with Gasteiger partial charge in [0.2, 0.25) is 0 Å². The molecule has 126 valence electrons. The molecule has 5 nitrogen and oxygen atoms in total. The Morgan fingerprint density at radius 1 is 1.05 bits per heavy atom. The number of rotatable bonds is 1. The number of hydrogen-bond acceptors (Lipinski definition) is 4.